The van der Waals surface area contributed by atoms with Crippen molar-refractivity contribution in [3.8, 4) is 11.5 Å². The molecular formula is C20H23NO7. The van der Waals surface area contributed by atoms with Crippen molar-refractivity contribution in [2.24, 2.45) is 5.92 Å². The largest absolute Gasteiger partial charge is 0.493 e. The predicted octanol–water partition coefficient (Wildman–Crippen LogP) is 1.98. The molecule has 1 saturated heterocycles. The highest BCUT2D eigenvalue weighted by molar-refractivity contribution is 5.90. The normalized spacial score (nSPS) is 16.8. The Labute approximate surface area is 161 Å². The van der Waals surface area contributed by atoms with Gasteiger partial charge < -0.3 is 23.9 Å². The van der Waals surface area contributed by atoms with E-state index in [1.807, 2.05) is 0 Å². The molecule has 1 amide bonds. The molecule has 2 aromatic rings. The molecule has 1 aliphatic heterocycles. The first-order valence-corrected chi connectivity index (χ1v) is 9.05. The number of rotatable bonds is 5. The van der Waals surface area contributed by atoms with Crippen LogP contribution in [-0.2, 0) is 16.0 Å². The number of carbonyl (C=O) groups excluding carboxylic acids is 1. The molecule has 2 heterocycles. The van der Waals surface area contributed by atoms with Gasteiger partial charge in [-0.2, -0.15) is 0 Å². The lowest BCUT2D eigenvalue weighted by Crippen LogP contribution is -2.43. The van der Waals surface area contributed by atoms with Gasteiger partial charge in [-0.05, 0) is 37.5 Å². The summed E-state index contributed by atoms with van der Waals surface area (Å²) in [4.78, 5) is 38.0. The number of aliphatic carboxylic acids is 1. The van der Waals surface area contributed by atoms with Crippen LogP contribution in [0.25, 0.3) is 11.0 Å². The average Bonchev–Trinajstić information content (AvgIpc) is 2.70. The van der Waals surface area contributed by atoms with E-state index in [0.717, 1.165) is 0 Å². The summed E-state index contributed by atoms with van der Waals surface area (Å²) in [6, 6.07) is 3.46. The maximum atomic E-state index is 12.7. The summed E-state index contributed by atoms with van der Waals surface area (Å²) in [6.07, 6.45) is 1.05. The van der Waals surface area contributed by atoms with Crippen molar-refractivity contribution < 1.29 is 28.6 Å². The molecule has 0 saturated carbocycles. The van der Waals surface area contributed by atoms with Gasteiger partial charge in [0.2, 0.25) is 11.7 Å². The van der Waals surface area contributed by atoms with Crippen LogP contribution in [0.2, 0.25) is 0 Å². The van der Waals surface area contributed by atoms with Gasteiger partial charge in [0.15, 0.2) is 11.3 Å². The standard InChI is InChI=1S/C20H23NO7/c1-11-13-6-7-15(26-2)18(27-3)17(13)28-20(25)14(11)9-16(22)21-8-4-5-12(10-21)19(23)24/h6-7,12H,4-5,8-10H2,1-3H3,(H,23,24). The number of hydrogen-bond donors (Lipinski definition) is 1. The molecule has 8 heteroatoms. The number of piperidine rings is 1. The van der Waals surface area contributed by atoms with Crippen LogP contribution in [0.1, 0.15) is 24.0 Å². The maximum absolute atomic E-state index is 12.7. The molecule has 3 rings (SSSR count). The molecule has 1 aromatic carbocycles. The minimum atomic E-state index is -0.903. The van der Waals surface area contributed by atoms with Gasteiger partial charge in [-0.25, -0.2) is 4.79 Å². The number of ether oxygens (including phenoxy) is 2. The Bertz CT molecular complexity index is 979. The van der Waals surface area contributed by atoms with E-state index in [4.69, 9.17) is 13.9 Å². The molecule has 1 atom stereocenters. The molecule has 150 valence electrons. The number of methoxy groups -OCH3 is 2. The summed E-state index contributed by atoms with van der Waals surface area (Å²) >= 11 is 0. The third-order valence-electron chi connectivity index (χ3n) is 5.25. The van der Waals surface area contributed by atoms with Gasteiger partial charge in [0.05, 0.1) is 32.1 Å². The molecular weight excluding hydrogens is 366 g/mol. The van der Waals surface area contributed by atoms with Crippen molar-refractivity contribution in [1.82, 2.24) is 4.90 Å². The number of hydrogen-bond acceptors (Lipinski definition) is 6. The smallest absolute Gasteiger partial charge is 0.340 e. The average molecular weight is 389 g/mol. The fraction of sp³-hybridized carbons (Fsp3) is 0.450. The number of amides is 1. The SMILES string of the molecule is COc1ccc2c(C)c(CC(=O)N3CCCC(C(=O)O)C3)c(=O)oc2c1OC. The number of aryl methyl sites for hydroxylation is 1. The zero-order valence-electron chi connectivity index (χ0n) is 16.1. The van der Waals surface area contributed by atoms with Crippen LogP contribution in [-0.4, -0.2) is 49.2 Å². The van der Waals surface area contributed by atoms with Crippen molar-refractivity contribution in [1.29, 1.82) is 0 Å². The van der Waals surface area contributed by atoms with Crippen LogP contribution in [0.15, 0.2) is 21.3 Å². The molecule has 1 fully saturated rings. The van der Waals surface area contributed by atoms with Crippen molar-refractivity contribution in [3.63, 3.8) is 0 Å². The predicted molar refractivity (Wildman–Crippen MR) is 101 cm³/mol. The van der Waals surface area contributed by atoms with Gasteiger partial charge in [0.1, 0.15) is 0 Å². The second-order valence-electron chi connectivity index (χ2n) is 6.86. The van der Waals surface area contributed by atoms with Gasteiger partial charge in [-0.3, -0.25) is 9.59 Å². The number of likely N-dealkylation sites (tertiary alicyclic amines) is 1. The zero-order valence-corrected chi connectivity index (χ0v) is 16.1. The van der Waals surface area contributed by atoms with Crippen LogP contribution < -0.4 is 15.1 Å². The Morgan fingerprint density at radius 3 is 2.68 bits per heavy atom. The molecule has 28 heavy (non-hydrogen) atoms. The van der Waals surface area contributed by atoms with Crippen LogP contribution in [0, 0.1) is 12.8 Å². The molecule has 1 aliphatic rings. The van der Waals surface area contributed by atoms with E-state index >= 15 is 0 Å². The van der Waals surface area contributed by atoms with Crippen molar-refractivity contribution in [2.75, 3.05) is 27.3 Å². The zero-order chi connectivity index (χ0) is 20.4. The van der Waals surface area contributed by atoms with Gasteiger partial charge in [0.25, 0.3) is 0 Å². The summed E-state index contributed by atoms with van der Waals surface area (Å²) in [6.45, 7) is 2.41. The summed E-state index contributed by atoms with van der Waals surface area (Å²) < 4.78 is 16.0. The lowest BCUT2D eigenvalue weighted by molar-refractivity contribution is -0.145. The van der Waals surface area contributed by atoms with Crippen LogP contribution in [0.5, 0.6) is 11.5 Å². The van der Waals surface area contributed by atoms with Crippen LogP contribution in [0.4, 0.5) is 0 Å². The fourth-order valence-electron chi connectivity index (χ4n) is 3.64. The highest BCUT2D eigenvalue weighted by Crippen LogP contribution is 2.36. The second-order valence-corrected chi connectivity index (χ2v) is 6.86. The number of carboxylic acids is 1. The Morgan fingerprint density at radius 1 is 1.29 bits per heavy atom. The van der Waals surface area contributed by atoms with Crippen molar-refractivity contribution >= 4 is 22.8 Å². The van der Waals surface area contributed by atoms with Crippen molar-refractivity contribution in [2.45, 2.75) is 26.2 Å². The highest BCUT2D eigenvalue weighted by atomic mass is 16.5. The minimum absolute atomic E-state index is 0.134. The second kappa shape index (κ2) is 7.92. The molecule has 0 spiro atoms. The van der Waals surface area contributed by atoms with Crippen LogP contribution >= 0.6 is 0 Å². The topological polar surface area (TPSA) is 106 Å². The van der Waals surface area contributed by atoms with Gasteiger partial charge in [0, 0.05) is 18.5 Å². The van der Waals surface area contributed by atoms with E-state index in [0.29, 0.717) is 41.8 Å². The Kier molecular flexibility index (Phi) is 5.58. The lowest BCUT2D eigenvalue weighted by Gasteiger charge is -2.30. The number of fused-ring (bicyclic) bond motifs is 1. The quantitative estimate of drug-likeness (QED) is 0.780. The molecule has 1 unspecified atom stereocenters. The molecule has 0 bridgehead atoms. The van der Waals surface area contributed by atoms with Gasteiger partial charge >= 0.3 is 11.6 Å². The van der Waals surface area contributed by atoms with E-state index in [1.54, 1.807) is 19.1 Å². The van der Waals surface area contributed by atoms with E-state index in [1.165, 1.54) is 19.1 Å². The third kappa shape index (κ3) is 3.54. The molecule has 1 aromatic heterocycles. The lowest BCUT2D eigenvalue weighted by atomic mass is 9.97. The Balaban J connectivity index is 1.94. The first kappa shape index (κ1) is 19.7. The van der Waals surface area contributed by atoms with E-state index in [9.17, 15) is 19.5 Å². The molecule has 0 radical (unpaired) electrons. The first-order chi connectivity index (χ1) is 13.4. The van der Waals surface area contributed by atoms with Crippen LogP contribution in [0.3, 0.4) is 0 Å². The summed E-state index contributed by atoms with van der Waals surface area (Å²) in [5.74, 6) is -0.988. The molecule has 8 nitrogen and oxygen atoms in total. The number of benzene rings is 1. The Hall–Kier alpha value is -3.03. The van der Waals surface area contributed by atoms with Gasteiger partial charge in [-0.15, -0.1) is 0 Å². The van der Waals surface area contributed by atoms with Gasteiger partial charge in [-0.1, -0.05) is 0 Å². The fourth-order valence-corrected chi connectivity index (χ4v) is 3.64. The van der Waals surface area contributed by atoms with Crippen molar-refractivity contribution in [3.05, 3.63) is 33.7 Å². The van der Waals surface area contributed by atoms with E-state index < -0.39 is 17.5 Å². The summed E-state index contributed by atoms with van der Waals surface area (Å²) in [5, 5.41) is 9.86. The first-order valence-electron chi connectivity index (χ1n) is 9.05. The molecule has 1 N–H and O–H groups in total. The van der Waals surface area contributed by atoms with E-state index in [-0.39, 0.29) is 30.0 Å². The minimum Gasteiger partial charge on any atom is -0.493 e. The summed E-state index contributed by atoms with van der Waals surface area (Å²) in [7, 11) is 2.95. The maximum Gasteiger partial charge on any atom is 0.340 e. The monoisotopic (exact) mass is 389 g/mol. The molecule has 0 aliphatic carbocycles. The van der Waals surface area contributed by atoms with E-state index in [2.05, 4.69) is 0 Å². The third-order valence-corrected chi connectivity index (χ3v) is 5.25. The highest BCUT2D eigenvalue weighted by Gasteiger charge is 2.29. The number of carboxylic acid groups (broad SMARTS) is 1. The summed E-state index contributed by atoms with van der Waals surface area (Å²) in [5.41, 5.74) is 0.552. The Morgan fingerprint density at radius 2 is 2.04 bits per heavy atom. The number of carbonyl (C=O) groups is 2. The number of nitrogens with zero attached hydrogens (tertiary/aromatic N) is 1.